The zero-order chi connectivity index (χ0) is 12.3. The summed E-state index contributed by atoms with van der Waals surface area (Å²) >= 11 is 0. The molecule has 3 heteroatoms. The van der Waals surface area contributed by atoms with Crippen LogP contribution in [0.3, 0.4) is 0 Å². The third kappa shape index (κ3) is 3.07. The van der Waals surface area contributed by atoms with Gasteiger partial charge in [0.05, 0.1) is 6.10 Å². The number of carbonyl (C=O) groups is 1. The third-order valence-electron chi connectivity index (χ3n) is 3.39. The van der Waals surface area contributed by atoms with E-state index in [-0.39, 0.29) is 11.8 Å². The van der Waals surface area contributed by atoms with Crippen LogP contribution in [0.15, 0.2) is 24.3 Å². The van der Waals surface area contributed by atoms with Gasteiger partial charge in [-0.2, -0.15) is 0 Å². The van der Waals surface area contributed by atoms with E-state index in [0.717, 1.165) is 24.1 Å². The molecule has 17 heavy (non-hydrogen) atoms. The fourth-order valence-electron chi connectivity index (χ4n) is 2.28. The zero-order valence-electron chi connectivity index (χ0n) is 10.1. The van der Waals surface area contributed by atoms with E-state index in [9.17, 15) is 9.90 Å². The lowest BCUT2D eigenvalue weighted by molar-refractivity contribution is -0.119. The number of amides is 1. The molecule has 0 bridgehead atoms. The number of rotatable bonds is 3. The lowest BCUT2D eigenvalue weighted by Gasteiger charge is -2.11. The highest BCUT2D eigenvalue weighted by Gasteiger charge is 2.22. The van der Waals surface area contributed by atoms with Crippen LogP contribution >= 0.6 is 0 Å². The number of anilines is 1. The normalized spacial score (nSPS) is 18.0. The first-order chi connectivity index (χ1) is 8.16. The van der Waals surface area contributed by atoms with E-state index in [2.05, 4.69) is 5.32 Å². The predicted molar refractivity (Wildman–Crippen MR) is 67.7 cm³/mol. The molecule has 0 radical (unpaired) electrons. The Kier molecular flexibility index (Phi) is 3.79. The maximum absolute atomic E-state index is 11.9. The van der Waals surface area contributed by atoms with Gasteiger partial charge in [-0.1, -0.05) is 25.0 Å². The van der Waals surface area contributed by atoms with E-state index < -0.39 is 6.10 Å². The molecule has 1 fully saturated rings. The molecule has 0 aliphatic heterocycles. The maximum atomic E-state index is 11.9. The first kappa shape index (κ1) is 12.1. The first-order valence-corrected chi connectivity index (χ1v) is 6.25. The van der Waals surface area contributed by atoms with Crippen molar-refractivity contribution in [1.29, 1.82) is 0 Å². The number of hydrogen-bond donors (Lipinski definition) is 2. The Labute approximate surface area is 102 Å². The number of aliphatic hydroxyl groups is 1. The molecule has 0 saturated heterocycles. The molecule has 1 aromatic rings. The molecule has 0 heterocycles. The lowest BCUT2D eigenvalue weighted by Crippen LogP contribution is -2.20. The average Bonchev–Trinajstić information content (AvgIpc) is 2.83. The van der Waals surface area contributed by atoms with E-state index >= 15 is 0 Å². The van der Waals surface area contributed by atoms with Gasteiger partial charge in [-0.05, 0) is 37.5 Å². The minimum absolute atomic E-state index is 0.132. The summed E-state index contributed by atoms with van der Waals surface area (Å²) in [5, 5.41) is 12.3. The summed E-state index contributed by atoms with van der Waals surface area (Å²) in [6, 6.07) is 7.37. The summed E-state index contributed by atoms with van der Waals surface area (Å²) in [7, 11) is 0. The highest BCUT2D eigenvalue weighted by atomic mass is 16.3. The van der Waals surface area contributed by atoms with Crippen molar-refractivity contribution in [2.45, 2.75) is 38.7 Å². The van der Waals surface area contributed by atoms with Crippen LogP contribution in [-0.2, 0) is 4.79 Å². The van der Waals surface area contributed by atoms with E-state index in [1.54, 1.807) is 6.92 Å². The van der Waals surface area contributed by atoms with Crippen LogP contribution in [0.1, 0.15) is 44.3 Å². The van der Waals surface area contributed by atoms with Crippen molar-refractivity contribution < 1.29 is 9.90 Å². The van der Waals surface area contributed by atoms with Gasteiger partial charge in [0.1, 0.15) is 0 Å². The van der Waals surface area contributed by atoms with Crippen LogP contribution in [0.2, 0.25) is 0 Å². The minimum Gasteiger partial charge on any atom is -0.389 e. The summed E-state index contributed by atoms with van der Waals surface area (Å²) in [6.07, 6.45) is 3.89. The second-order valence-electron chi connectivity index (χ2n) is 4.77. The molecule has 1 aliphatic carbocycles. The van der Waals surface area contributed by atoms with Gasteiger partial charge in [-0.25, -0.2) is 0 Å². The molecular formula is C14H19NO2. The number of aliphatic hydroxyl groups excluding tert-OH is 1. The molecule has 1 unspecified atom stereocenters. The molecule has 2 N–H and O–H groups in total. The number of hydrogen-bond acceptors (Lipinski definition) is 2. The zero-order valence-corrected chi connectivity index (χ0v) is 10.1. The molecule has 92 valence electrons. The molecule has 1 atom stereocenters. The fourth-order valence-corrected chi connectivity index (χ4v) is 2.28. The monoisotopic (exact) mass is 233 g/mol. The second kappa shape index (κ2) is 5.32. The van der Waals surface area contributed by atoms with Crippen LogP contribution in [0.25, 0.3) is 0 Å². The van der Waals surface area contributed by atoms with Crippen molar-refractivity contribution in [3.63, 3.8) is 0 Å². The molecule has 1 aromatic carbocycles. The van der Waals surface area contributed by atoms with Gasteiger partial charge in [0.2, 0.25) is 5.91 Å². The summed E-state index contributed by atoms with van der Waals surface area (Å²) in [5.74, 6) is 0.318. The third-order valence-corrected chi connectivity index (χ3v) is 3.39. The van der Waals surface area contributed by atoms with Gasteiger partial charge < -0.3 is 10.4 Å². The van der Waals surface area contributed by atoms with E-state index in [0.29, 0.717) is 0 Å². The molecule has 0 spiro atoms. The maximum Gasteiger partial charge on any atom is 0.227 e. The quantitative estimate of drug-likeness (QED) is 0.843. The second-order valence-corrected chi connectivity index (χ2v) is 4.77. The molecule has 1 saturated carbocycles. The largest absolute Gasteiger partial charge is 0.389 e. The van der Waals surface area contributed by atoms with Crippen LogP contribution < -0.4 is 5.32 Å². The van der Waals surface area contributed by atoms with Crippen LogP contribution in [0, 0.1) is 5.92 Å². The summed E-state index contributed by atoms with van der Waals surface area (Å²) < 4.78 is 0. The van der Waals surface area contributed by atoms with Crippen LogP contribution in [0.5, 0.6) is 0 Å². The molecule has 3 nitrogen and oxygen atoms in total. The standard InChI is InChI=1S/C14H19NO2/c1-10(16)11-6-8-13(9-7-11)15-14(17)12-4-2-3-5-12/h6-10,12,16H,2-5H2,1H3,(H,15,17). The Morgan fingerprint density at radius 3 is 2.41 bits per heavy atom. The van der Waals surface area contributed by atoms with Crippen molar-refractivity contribution in [2.75, 3.05) is 5.32 Å². The lowest BCUT2D eigenvalue weighted by atomic mass is 10.1. The molecule has 1 amide bonds. The highest BCUT2D eigenvalue weighted by molar-refractivity contribution is 5.92. The summed E-state index contributed by atoms with van der Waals surface area (Å²) in [5.41, 5.74) is 1.68. The van der Waals surface area contributed by atoms with Crippen molar-refractivity contribution >= 4 is 11.6 Å². The number of carbonyl (C=O) groups excluding carboxylic acids is 1. The fraction of sp³-hybridized carbons (Fsp3) is 0.500. The Morgan fingerprint density at radius 1 is 1.29 bits per heavy atom. The van der Waals surface area contributed by atoms with Crippen LogP contribution in [-0.4, -0.2) is 11.0 Å². The number of benzene rings is 1. The van der Waals surface area contributed by atoms with E-state index in [1.165, 1.54) is 12.8 Å². The van der Waals surface area contributed by atoms with Gasteiger partial charge in [0.15, 0.2) is 0 Å². The van der Waals surface area contributed by atoms with Gasteiger partial charge in [-0.15, -0.1) is 0 Å². The Hall–Kier alpha value is -1.35. The van der Waals surface area contributed by atoms with Gasteiger partial charge in [-0.3, -0.25) is 4.79 Å². The Balaban J connectivity index is 1.96. The molecular weight excluding hydrogens is 214 g/mol. The Bertz CT molecular complexity index is 378. The molecule has 0 aromatic heterocycles. The number of nitrogens with one attached hydrogen (secondary N) is 1. The minimum atomic E-state index is -0.463. The van der Waals surface area contributed by atoms with Crippen molar-refractivity contribution in [2.24, 2.45) is 5.92 Å². The average molecular weight is 233 g/mol. The van der Waals surface area contributed by atoms with E-state index in [4.69, 9.17) is 0 Å². The summed E-state index contributed by atoms with van der Waals surface area (Å²) in [4.78, 5) is 11.9. The topological polar surface area (TPSA) is 49.3 Å². The molecule has 2 rings (SSSR count). The smallest absolute Gasteiger partial charge is 0.227 e. The highest BCUT2D eigenvalue weighted by Crippen LogP contribution is 2.26. The van der Waals surface area contributed by atoms with Crippen molar-refractivity contribution in [1.82, 2.24) is 0 Å². The first-order valence-electron chi connectivity index (χ1n) is 6.25. The molecule has 1 aliphatic rings. The SMILES string of the molecule is CC(O)c1ccc(NC(=O)C2CCCC2)cc1. The van der Waals surface area contributed by atoms with Gasteiger partial charge >= 0.3 is 0 Å². The van der Waals surface area contributed by atoms with Crippen LogP contribution in [0.4, 0.5) is 5.69 Å². The summed E-state index contributed by atoms with van der Waals surface area (Å²) in [6.45, 7) is 1.73. The van der Waals surface area contributed by atoms with Crippen molar-refractivity contribution in [3.8, 4) is 0 Å². The van der Waals surface area contributed by atoms with Gasteiger partial charge in [0.25, 0.3) is 0 Å². The van der Waals surface area contributed by atoms with E-state index in [1.807, 2.05) is 24.3 Å². The Morgan fingerprint density at radius 2 is 1.88 bits per heavy atom. The predicted octanol–water partition coefficient (Wildman–Crippen LogP) is 2.87. The van der Waals surface area contributed by atoms with Gasteiger partial charge in [0, 0.05) is 11.6 Å². The van der Waals surface area contributed by atoms with Crippen molar-refractivity contribution in [3.05, 3.63) is 29.8 Å².